The Hall–Kier alpha value is -1.87. The van der Waals surface area contributed by atoms with E-state index in [1.165, 1.54) is 4.90 Å². The van der Waals surface area contributed by atoms with Gasteiger partial charge >= 0.3 is 0 Å². The third-order valence-corrected chi connectivity index (χ3v) is 5.15. The van der Waals surface area contributed by atoms with E-state index in [-0.39, 0.29) is 24.4 Å². The summed E-state index contributed by atoms with van der Waals surface area (Å²) in [5.74, 6) is 0.898. The number of guanidine groups is 1. The highest BCUT2D eigenvalue weighted by atomic mass is 16.5. The summed E-state index contributed by atoms with van der Waals surface area (Å²) in [7, 11) is 7.12. The van der Waals surface area contributed by atoms with Crippen molar-refractivity contribution in [3.05, 3.63) is 0 Å². The molecule has 2 amide bonds. The fourth-order valence-corrected chi connectivity index (χ4v) is 3.39. The average molecular weight is 383 g/mol. The van der Waals surface area contributed by atoms with Crippen LogP contribution in [0.25, 0.3) is 0 Å². The first-order valence-electron chi connectivity index (χ1n) is 9.65. The second-order valence-electron chi connectivity index (χ2n) is 7.30. The molecular formula is C18H34N6O3. The number of hydrogen-bond acceptors (Lipinski definition) is 5. The van der Waals surface area contributed by atoms with Crippen molar-refractivity contribution < 1.29 is 14.3 Å². The molecule has 1 N–H and O–H groups in total. The number of rotatable bonds is 6. The lowest BCUT2D eigenvalue weighted by molar-refractivity contribution is -0.136. The highest BCUT2D eigenvalue weighted by Crippen LogP contribution is 2.18. The van der Waals surface area contributed by atoms with E-state index in [1.54, 1.807) is 21.2 Å². The fraction of sp³-hybridized carbons (Fsp3) is 0.833. The molecule has 0 aromatic carbocycles. The number of ether oxygens (including phenoxy) is 1. The smallest absolute Gasteiger partial charge is 0.243 e. The van der Waals surface area contributed by atoms with Gasteiger partial charge in [-0.3, -0.25) is 14.5 Å². The minimum Gasteiger partial charge on any atom is -0.383 e. The first-order valence-corrected chi connectivity index (χ1v) is 9.65. The lowest BCUT2D eigenvalue weighted by Crippen LogP contribution is -2.56. The fourth-order valence-electron chi connectivity index (χ4n) is 3.39. The van der Waals surface area contributed by atoms with E-state index >= 15 is 0 Å². The predicted molar refractivity (Wildman–Crippen MR) is 105 cm³/mol. The van der Waals surface area contributed by atoms with Gasteiger partial charge in [-0.1, -0.05) is 0 Å². The molecule has 0 aliphatic carbocycles. The second-order valence-corrected chi connectivity index (χ2v) is 7.30. The van der Waals surface area contributed by atoms with Crippen LogP contribution in [-0.4, -0.2) is 124 Å². The summed E-state index contributed by atoms with van der Waals surface area (Å²) in [4.78, 5) is 36.8. The van der Waals surface area contributed by atoms with Crippen molar-refractivity contribution in [1.82, 2.24) is 24.9 Å². The number of aliphatic imine (C=N–C) groups is 1. The number of hydrogen-bond donors (Lipinski definition) is 1. The molecule has 27 heavy (non-hydrogen) atoms. The van der Waals surface area contributed by atoms with E-state index in [0.717, 1.165) is 19.4 Å². The Morgan fingerprint density at radius 2 is 1.81 bits per heavy atom. The molecule has 2 fully saturated rings. The molecule has 9 nitrogen and oxygen atoms in total. The van der Waals surface area contributed by atoms with E-state index in [9.17, 15) is 9.59 Å². The number of carbonyl (C=O) groups excluding carboxylic acids is 2. The van der Waals surface area contributed by atoms with Gasteiger partial charge in [-0.15, -0.1) is 0 Å². The van der Waals surface area contributed by atoms with Crippen molar-refractivity contribution in [3.63, 3.8) is 0 Å². The van der Waals surface area contributed by atoms with Crippen molar-refractivity contribution in [2.45, 2.75) is 18.9 Å². The molecule has 0 spiro atoms. The van der Waals surface area contributed by atoms with Gasteiger partial charge < -0.3 is 24.8 Å². The van der Waals surface area contributed by atoms with E-state index in [2.05, 4.69) is 20.1 Å². The van der Waals surface area contributed by atoms with Crippen LogP contribution in [0.4, 0.5) is 0 Å². The molecule has 0 radical (unpaired) electrons. The van der Waals surface area contributed by atoms with Gasteiger partial charge in [-0.2, -0.15) is 0 Å². The number of piperazine rings is 1. The van der Waals surface area contributed by atoms with Crippen LogP contribution >= 0.6 is 0 Å². The third kappa shape index (κ3) is 6.07. The highest BCUT2D eigenvalue weighted by molar-refractivity contribution is 5.85. The molecular weight excluding hydrogens is 348 g/mol. The normalized spacial score (nSPS) is 21.5. The van der Waals surface area contributed by atoms with Gasteiger partial charge in [0.15, 0.2) is 5.96 Å². The Balaban J connectivity index is 1.92. The van der Waals surface area contributed by atoms with Crippen molar-refractivity contribution >= 4 is 17.8 Å². The molecule has 2 aliphatic heterocycles. The van der Waals surface area contributed by atoms with Gasteiger partial charge in [0.1, 0.15) is 6.54 Å². The molecule has 9 heteroatoms. The lowest BCUT2D eigenvalue weighted by atomic mass is 10.2. The summed E-state index contributed by atoms with van der Waals surface area (Å²) in [6.07, 6.45) is 2.04. The van der Waals surface area contributed by atoms with E-state index in [0.29, 0.717) is 45.3 Å². The maximum absolute atomic E-state index is 12.7. The molecule has 0 aromatic heterocycles. The Labute approximate surface area is 162 Å². The van der Waals surface area contributed by atoms with Crippen LogP contribution in [0.5, 0.6) is 0 Å². The Morgan fingerprint density at radius 1 is 1.15 bits per heavy atom. The van der Waals surface area contributed by atoms with Crippen molar-refractivity contribution in [2.75, 3.05) is 80.7 Å². The van der Waals surface area contributed by atoms with Gasteiger partial charge in [-0.25, -0.2) is 4.99 Å². The molecule has 0 aromatic rings. The molecule has 0 saturated carbocycles. The SMILES string of the molecule is COCCNC(=NCC(=O)N(C)C)N1CCN(C(=O)C2CCCN2C)CC1. The number of likely N-dealkylation sites (N-methyl/N-ethyl adjacent to an activating group) is 2. The molecule has 0 bridgehead atoms. The van der Waals surface area contributed by atoms with E-state index in [4.69, 9.17) is 4.74 Å². The van der Waals surface area contributed by atoms with Gasteiger partial charge in [0, 0.05) is 53.9 Å². The second kappa shape index (κ2) is 10.5. The zero-order valence-electron chi connectivity index (χ0n) is 17.1. The van der Waals surface area contributed by atoms with Crippen LogP contribution in [0.2, 0.25) is 0 Å². The standard InChI is InChI=1S/C18H34N6O3/c1-21(2)16(25)14-20-18(19-7-13-27-4)24-11-9-23(10-12-24)17(26)15-6-5-8-22(15)3/h15H,5-14H2,1-4H3,(H,19,20). The van der Waals surface area contributed by atoms with Gasteiger partial charge in [-0.05, 0) is 26.4 Å². The number of methoxy groups -OCH3 is 1. The molecule has 2 heterocycles. The Kier molecular flexibility index (Phi) is 8.30. The topological polar surface area (TPSA) is 80.7 Å². The maximum Gasteiger partial charge on any atom is 0.243 e. The van der Waals surface area contributed by atoms with Crippen molar-refractivity contribution in [1.29, 1.82) is 0 Å². The van der Waals surface area contributed by atoms with Gasteiger partial charge in [0.25, 0.3) is 0 Å². The van der Waals surface area contributed by atoms with Crippen LogP contribution in [0, 0.1) is 0 Å². The highest BCUT2D eigenvalue weighted by Gasteiger charge is 2.33. The van der Waals surface area contributed by atoms with Crippen LogP contribution in [-0.2, 0) is 14.3 Å². The molecule has 154 valence electrons. The maximum atomic E-state index is 12.7. The van der Waals surface area contributed by atoms with Crippen LogP contribution in [0.3, 0.4) is 0 Å². The first kappa shape index (κ1) is 21.4. The number of likely N-dealkylation sites (tertiary alicyclic amines) is 1. The summed E-state index contributed by atoms with van der Waals surface area (Å²) in [6.45, 7) is 5.05. The average Bonchev–Trinajstić information content (AvgIpc) is 3.09. The summed E-state index contributed by atoms with van der Waals surface area (Å²) >= 11 is 0. The summed E-state index contributed by atoms with van der Waals surface area (Å²) < 4.78 is 5.09. The minimum absolute atomic E-state index is 0.0298. The summed E-state index contributed by atoms with van der Waals surface area (Å²) in [5, 5.41) is 3.26. The zero-order valence-corrected chi connectivity index (χ0v) is 17.1. The van der Waals surface area contributed by atoms with E-state index in [1.807, 2.05) is 11.9 Å². The molecule has 2 aliphatic rings. The number of carbonyl (C=O) groups is 2. The van der Waals surface area contributed by atoms with Gasteiger partial charge in [0.2, 0.25) is 11.8 Å². The number of nitrogens with zero attached hydrogens (tertiary/aromatic N) is 5. The Morgan fingerprint density at radius 3 is 2.37 bits per heavy atom. The number of nitrogens with one attached hydrogen (secondary N) is 1. The van der Waals surface area contributed by atoms with Crippen molar-refractivity contribution in [2.24, 2.45) is 4.99 Å². The number of amides is 2. The summed E-state index contributed by atoms with van der Waals surface area (Å²) in [6, 6.07) is 0.0298. The molecule has 1 unspecified atom stereocenters. The van der Waals surface area contributed by atoms with Crippen LogP contribution < -0.4 is 5.32 Å². The minimum atomic E-state index is -0.0425. The lowest BCUT2D eigenvalue weighted by Gasteiger charge is -2.38. The first-order chi connectivity index (χ1) is 12.9. The largest absolute Gasteiger partial charge is 0.383 e. The van der Waals surface area contributed by atoms with Crippen molar-refractivity contribution in [3.8, 4) is 0 Å². The summed E-state index contributed by atoms with van der Waals surface area (Å²) in [5.41, 5.74) is 0. The monoisotopic (exact) mass is 382 g/mol. The van der Waals surface area contributed by atoms with Crippen LogP contribution in [0.1, 0.15) is 12.8 Å². The van der Waals surface area contributed by atoms with Crippen LogP contribution in [0.15, 0.2) is 4.99 Å². The van der Waals surface area contributed by atoms with Gasteiger partial charge in [0.05, 0.1) is 12.6 Å². The zero-order chi connectivity index (χ0) is 19.8. The van der Waals surface area contributed by atoms with E-state index < -0.39 is 0 Å². The molecule has 1 atom stereocenters. The quantitative estimate of drug-likeness (QED) is 0.357. The molecule has 2 rings (SSSR count). The predicted octanol–water partition coefficient (Wildman–Crippen LogP) is -1.09. The Bertz CT molecular complexity index is 531. The third-order valence-electron chi connectivity index (χ3n) is 5.15. The molecule has 2 saturated heterocycles.